The largest absolute Gasteiger partial charge is 0.465 e. The van der Waals surface area contributed by atoms with Gasteiger partial charge in [-0.25, -0.2) is 4.79 Å². The molecule has 0 bridgehead atoms. The second kappa shape index (κ2) is 6.21. The highest BCUT2D eigenvalue weighted by Crippen LogP contribution is 2.33. The van der Waals surface area contributed by atoms with Crippen LogP contribution in [-0.2, 0) is 4.74 Å². The van der Waals surface area contributed by atoms with Gasteiger partial charge in [0, 0.05) is 21.9 Å². The summed E-state index contributed by atoms with van der Waals surface area (Å²) in [6.45, 7) is 0. The maximum absolute atomic E-state index is 11.7. The number of nitrogens with zero attached hydrogens (tertiary/aromatic N) is 1. The summed E-state index contributed by atoms with van der Waals surface area (Å²) in [7, 11) is 1.28. The van der Waals surface area contributed by atoms with Crippen LogP contribution in [0.4, 0.5) is 5.69 Å². The first-order valence-electron chi connectivity index (χ1n) is 5.71. The number of non-ortho nitro benzene ring substituents is 1. The summed E-state index contributed by atoms with van der Waals surface area (Å²) in [6.07, 6.45) is 0. The van der Waals surface area contributed by atoms with Crippen LogP contribution in [0.3, 0.4) is 0 Å². The summed E-state index contributed by atoms with van der Waals surface area (Å²) in [5.41, 5.74) is 0.253. The third-order valence-electron chi connectivity index (χ3n) is 2.55. The molecule has 0 heterocycles. The Balaban J connectivity index is 2.44. The van der Waals surface area contributed by atoms with Gasteiger partial charge in [0.25, 0.3) is 5.69 Å². The number of hydrogen-bond donors (Lipinski definition) is 0. The van der Waals surface area contributed by atoms with E-state index in [1.165, 1.54) is 37.1 Å². The summed E-state index contributed by atoms with van der Waals surface area (Å²) in [5.74, 6) is -0.515. The molecule has 2 rings (SSSR count). The lowest BCUT2D eigenvalue weighted by Gasteiger charge is -2.07. The molecular weight excluding hydrogens is 278 g/mol. The van der Waals surface area contributed by atoms with E-state index >= 15 is 0 Å². The van der Waals surface area contributed by atoms with Crippen molar-refractivity contribution in [1.82, 2.24) is 0 Å². The number of carbonyl (C=O) groups is 1. The lowest BCUT2D eigenvalue weighted by molar-refractivity contribution is -0.385. The van der Waals surface area contributed by atoms with Crippen LogP contribution in [0.2, 0.25) is 0 Å². The summed E-state index contributed by atoms with van der Waals surface area (Å²) in [6, 6.07) is 13.4. The van der Waals surface area contributed by atoms with E-state index < -0.39 is 10.9 Å². The van der Waals surface area contributed by atoms with E-state index in [2.05, 4.69) is 0 Å². The van der Waals surface area contributed by atoms with E-state index in [9.17, 15) is 14.9 Å². The van der Waals surface area contributed by atoms with Gasteiger partial charge in [-0.3, -0.25) is 10.1 Å². The smallest absolute Gasteiger partial charge is 0.339 e. The molecule has 0 spiro atoms. The van der Waals surface area contributed by atoms with Gasteiger partial charge in [-0.2, -0.15) is 0 Å². The van der Waals surface area contributed by atoms with Crippen molar-refractivity contribution in [1.29, 1.82) is 0 Å². The quantitative estimate of drug-likeness (QED) is 0.489. The molecular formula is C14H11NO4S. The Hall–Kier alpha value is -2.34. The summed E-state index contributed by atoms with van der Waals surface area (Å²) in [4.78, 5) is 23.4. The molecule has 102 valence electrons. The maximum atomic E-state index is 11.7. The standard InChI is InChI=1S/C14H11NO4S/c1-19-14(16)12-8-7-10(15(17)18)9-13(12)20-11-5-3-2-4-6-11/h2-9H,1H3. The Morgan fingerprint density at radius 2 is 1.90 bits per heavy atom. The number of esters is 1. The first-order chi connectivity index (χ1) is 9.61. The minimum atomic E-state index is -0.515. The Labute approximate surface area is 119 Å². The molecule has 0 atom stereocenters. The number of nitro benzene ring substituents is 1. The fourth-order valence-corrected chi connectivity index (χ4v) is 2.59. The molecule has 0 unspecified atom stereocenters. The van der Waals surface area contributed by atoms with Crippen molar-refractivity contribution in [3.05, 3.63) is 64.2 Å². The van der Waals surface area contributed by atoms with Gasteiger partial charge >= 0.3 is 5.97 Å². The molecule has 0 aliphatic carbocycles. The predicted molar refractivity (Wildman–Crippen MR) is 75.0 cm³/mol. The molecule has 0 radical (unpaired) electrons. The average Bonchev–Trinajstić information content (AvgIpc) is 2.47. The van der Waals surface area contributed by atoms with Crippen LogP contribution in [-0.4, -0.2) is 18.0 Å². The highest BCUT2D eigenvalue weighted by molar-refractivity contribution is 7.99. The van der Waals surface area contributed by atoms with Crippen molar-refractivity contribution in [3.63, 3.8) is 0 Å². The van der Waals surface area contributed by atoms with E-state index in [4.69, 9.17) is 4.74 Å². The molecule has 0 saturated carbocycles. The Bertz CT molecular complexity index is 643. The average molecular weight is 289 g/mol. The minimum Gasteiger partial charge on any atom is -0.465 e. The zero-order chi connectivity index (χ0) is 14.5. The van der Waals surface area contributed by atoms with Gasteiger partial charge in [-0.1, -0.05) is 30.0 Å². The van der Waals surface area contributed by atoms with Crippen LogP contribution in [0.25, 0.3) is 0 Å². The lowest BCUT2D eigenvalue weighted by atomic mass is 10.2. The Kier molecular flexibility index (Phi) is 4.37. The minimum absolute atomic E-state index is 0.0592. The van der Waals surface area contributed by atoms with Gasteiger partial charge < -0.3 is 4.74 Å². The van der Waals surface area contributed by atoms with Gasteiger partial charge in [-0.15, -0.1) is 0 Å². The van der Waals surface area contributed by atoms with Gasteiger partial charge in [0.1, 0.15) is 0 Å². The maximum Gasteiger partial charge on any atom is 0.339 e. The first kappa shape index (κ1) is 14.1. The van der Waals surface area contributed by atoms with Crippen molar-refractivity contribution in [2.45, 2.75) is 9.79 Å². The lowest BCUT2D eigenvalue weighted by Crippen LogP contribution is -2.03. The number of hydrogen-bond acceptors (Lipinski definition) is 5. The highest BCUT2D eigenvalue weighted by Gasteiger charge is 2.17. The highest BCUT2D eigenvalue weighted by atomic mass is 32.2. The molecule has 5 nitrogen and oxygen atoms in total. The molecule has 0 N–H and O–H groups in total. The third kappa shape index (κ3) is 3.16. The van der Waals surface area contributed by atoms with Gasteiger partial charge in [-0.05, 0) is 18.2 Å². The van der Waals surface area contributed by atoms with Crippen molar-refractivity contribution >= 4 is 23.4 Å². The summed E-state index contributed by atoms with van der Waals surface area (Å²) in [5, 5.41) is 10.8. The molecule has 0 aliphatic heterocycles. The molecule has 0 aromatic heterocycles. The van der Waals surface area contributed by atoms with Gasteiger partial charge in [0.2, 0.25) is 0 Å². The number of rotatable bonds is 4. The Morgan fingerprint density at radius 3 is 2.50 bits per heavy atom. The molecule has 0 saturated heterocycles. The number of benzene rings is 2. The van der Waals surface area contributed by atoms with Crippen molar-refractivity contribution in [2.75, 3.05) is 7.11 Å². The molecule has 6 heteroatoms. The zero-order valence-electron chi connectivity index (χ0n) is 10.6. The van der Waals surface area contributed by atoms with E-state index in [1.54, 1.807) is 0 Å². The summed E-state index contributed by atoms with van der Waals surface area (Å²) < 4.78 is 4.69. The number of nitro groups is 1. The number of methoxy groups -OCH3 is 1. The van der Waals surface area contributed by atoms with E-state index in [1.807, 2.05) is 30.3 Å². The number of ether oxygens (including phenoxy) is 1. The Morgan fingerprint density at radius 1 is 1.20 bits per heavy atom. The van der Waals surface area contributed by atoms with Crippen molar-refractivity contribution in [3.8, 4) is 0 Å². The molecule has 20 heavy (non-hydrogen) atoms. The summed E-state index contributed by atoms with van der Waals surface area (Å²) >= 11 is 1.28. The van der Waals surface area contributed by atoms with Crippen molar-refractivity contribution < 1.29 is 14.5 Å². The van der Waals surface area contributed by atoms with Crippen LogP contribution >= 0.6 is 11.8 Å². The monoisotopic (exact) mass is 289 g/mol. The van der Waals surface area contributed by atoms with Crippen LogP contribution < -0.4 is 0 Å². The molecule has 0 fully saturated rings. The van der Waals surface area contributed by atoms with Crippen molar-refractivity contribution in [2.24, 2.45) is 0 Å². The normalized spacial score (nSPS) is 10.1. The molecule has 2 aromatic carbocycles. The zero-order valence-corrected chi connectivity index (χ0v) is 11.4. The second-order valence-corrected chi connectivity index (χ2v) is 4.96. The fraction of sp³-hybridized carbons (Fsp3) is 0.0714. The SMILES string of the molecule is COC(=O)c1ccc([N+](=O)[O-])cc1Sc1ccccc1. The van der Waals surface area contributed by atoms with Gasteiger partial charge in [0.15, 0.2) is 0 Å². The topological polar surface area (TPSA) is 69.4 Å². The third-order valence-corrected chi connectivity index (χ3v) is 3.62. The van der Waals surface area contributed by atoms with E-state index in [0.717, 1.165) is 4.90 Å². The first-order valence-corrected chi connectivity index (χ1v) is 6.53. The fourth-order valence-electron chi connectivity index (χ4n) is 1.60. The number of carbonyl (C=O) groups excluding carboxylic acids is 1. The molecule has 0 aliphatic rings. The molecule has 0 amide bonds. The van der Waals surface area contributed by atoms with E-state index in [-0.39, 0.29) is 5.69 Å². The molecule has 2 aromatic rings. The van der Waals surface area contributed by atoms with Gasteiger partial charge in [0.05, 0.1) is 17.6 Å². The van der Waals surface area contributed by atoms with Crippen LogP contribution in [0.1, 0.15) is 10.4 Å². The van der Waals surface area contributed by atoms with Crippen LogP contribution in [0.5, 0.6) is 0 Å². The van der Waals surface area contributed by atoms with Crippen LogP contribution in [0, 0.1) is 10.1 Å². The van der Waals surface area contributed by atoms with E-state index in [0.29, 0.717) is 10.5 Å². The predicted octanol–water partition coefficient (Wildman–Crippen LogP) is 3.53. The van der Waals surface area contributed by atoms with Crippen LogP contribution in [0.15, 0.2) is 58.3 Å². The second-order valence-electron chi connectivity index (χ2n) is 3.84.